The lowest BCUT2D eigenvalue weighted by molar-refractivity contribution is -0.858. The number of halogens is 1. The van der Waals surface area contributed by atoms with Crippen LogP contribution in [-0.4, -0.2) is 20.6 Å². The van der Waals surface area contributed by atoms with Gasteiger partial charge >= 0.3 is 0 Å². The minimum absolute atomic E-state index is 0. The third-order valence-corrected chi connectivity index (χ3v) is 5.26. The summed E-state index contributed by atoms with van der Waals surface area (Å²) < 4.78 is 0. The Kier molecular flexibility index (Phi) is 16.3. The van der Waals surface area contributed by atoms with Gasteiger partial charge in [0.2, 0.25) is 0 Å². The lowest BCUT2D eigenvalue weighted by Crippen LogP contribution is -3.05. The van der Waals surface area contributed by atoms with Crippen LogP contribution in [0.4, 0.5) is 0 Å². The Hall–Kier alpha value is 0.250. The van der Waals surface area contributed by atoms with Crippen molar-refractivity contribution in [1.29, 1.82) is 0 Å². The van der Waals surface area contributed by atoms with Crippen molar-refractivity contribution in [3.05, 3.63) is 0 Å². The van der Waals surface area contributed by atoms with Crippen LogP contribution in [0.2, 0.25) is 0 Å². The zero-order chi connectivity index (χ0) is 15.2. The molecule has 0 aliphatic heterocycles. The van der Waals surface area contributed by atoms with Gasteiger partial charge in [0.1, 0.15) is 0 Å². The number of nitrogens with one attached hydrogen (secondary N) is 1. The topological polar surface area (TPSA) is 4.44 Å². The summed E-state index contributed by atoms with van der Waals surface area (Å²) in [6.07, 6.45) is 23.9. The molecule has 0 heterocycles. The quantitative estimate of drug-likeness (QED) is 0.492. The van der Waals surface area contributed by atoms with Crippen molar-refractivity contribution < 1.29 is 17.3 Å². The maximum absolute atomic E-state index is 2.26. The number of hydrogen-bond acceptors (Lipinski definition) is 0. The molecule has 0 bridgehead atoms. The molecule has 0 aromatic carbocycles. The Bertz CT molecular complexity index is 212. The molecule has 0 aromatic rings. The highest BCUT2D eigenvalue weighted by atomic mass is 35.5. The molecule has 1 aliphatic carbocycles. The van der Waals surface area contributed by atoms with E-state index in [1.54, 1.807) is 4.90 Å². The molecule has 0 spiro atoms. The molecule has 1 rings (SSSR count). The highest BCUT2D eigenvalue weighted by Gasteiger charge is 2.12. The fourth-order valence-corrected chi connectivity index (χ4v) is 3.80. The maximum atomic E-state index is 2.26. The highest BCUT2D eigenvalue weighted by Crippen LogP contribution is 2.28. The molecule has 134 valence electrons. The summed E-state index contributed by atoms with van der Waals surface area (Å²) >= 11 is 0. The van der Waals surface area contributed by atoms with Crippen molar-refractivity contribution in [3.8, 4) is 0 Å². The van der Waals surface area contributed by atoms with Crippen molar-refractivity contribution in [3.63, 3.8) is 0 Å². The predicted octanol–water partition coefficient (Wildman–Crippen LogP) is 2.01. The van der Waals surface area contributed by atoms with Gasteiger partial charge in [-0.25, -0.2) is 0 Å². The molecule has 2 heteroatoms. The van der Waals surface area contributed by atoms with Crippen molar-refractivity contribution in [2.75, 3.05) is 20.6 Å². The molecule has 0 amide bonds. The summed E-state index contributed by atoms with van der Waals surface area (Å²) in [5.41, 5.74) is 0. The van der Waals surface area contributed by atoms with Crippen LogP contribution in [0.3, 0.4) is 0 Å². The van der Waals surface area contributed by atoms with Crippen LogP contribution in [0.15, 0.2) is 0 Å². The Morgan fingerprint density at radius 3 is 1.59 bits per heavy atom. The first-order chi connectivity index (χ1) is 10.3. The lowest BCUT2D eigenvalue weighted by Gasteiger charge is -2.21. The molecule has 1 N–H and O–H groups in total. The van der Waals surface area contributed by atoms with Gasteiger partial charge in [-0.15, -0.1) is 0 Å². The second-order valence-electron chi connectivity index (χ2n) is 7.79. The van der Waals surface area contributed by atoms with Crippen LogP contribution in [0.5, 0.6) is 0 Å². The van der Waals surface area contributed by atoms with Crippen LogP contribution < -0.4 is 17.3 Å². The lowest BCUT2D eigenvalue weighted by atomic mass is 9.85. The van der Waals surface area contributed by atoms with Crippen LogP contribution >= 0.6 is 0 Å². The summed E-state index contributed by atoms with van der Waals surface area (Å²) in [5.74, 6) is 1.10. The standard InChI is InChI=1S/C20H41N.ClH/c1-21(2)19-15-10-8-6-4-3-5-7-9-12-16-20-17-13-11-14-18-20;/h20H,3-19H2,1-2H3;1H. The molecule has 0 unspecified atom stereocenters. The molecule has 0 saturated heterocycles. The van der Waals surface area contributed by atoms with Crippen LogP contribution in [0.1, 0.15) is 103 Å². The molecular weight excluding hydrogens is 290 g/mol. The molecule has 22 heavy (non-hydrogen) atoms. The van der Waals surface area contributed by atoms with E-state index < -0.39 is 0 Å². The van der Waals surface area contributed by atoms with E-state index in [1.165, 1.54) is 109 Å². The maximum Gasteiger partial charge on any atom is 0.0766 e. The second-order valence-corrected chi connectivity index (χ2v) is 7.79. The first kappa shape index (κ1) is 22.2. The summed E-state index contributed by atoms with van der Waals surface area (Å²) in [7, 11) is 4.52. The first-order valence-electron chi connectivity index (χ1n) is 10.1. The Labute approximate surface area is 147 Å². The van der Waals surface area contributed by atoms with E-state index in [1.807, 2.05) is 0 Å². The van der Waals surface area contributed by atoms with Crippen molar-refractivity contribution in [2.45, 2.75) is 103 Å². The van der Waals surface area contributed by atoms with E-state index in [4.69, 9.17) is 0 Å². The zero-order valence-corrected chi connectivity index (χ0v) is 16.2. The fraction of sp³-hybridized carbons (Fsp3) is 1.00. The van der Waals surface area contributed by atoms with Gasteiger partial charge in [-0.2, -0.15) is 0 Å². The molecular formula is C20H42ClN. The average molecular weight is 332 g/mol. The van der Waals surface area contributed by atoms with E-state index in [-0.39, 0.29) is 12.4 Å². The second kappa shape index (κ2) is 16.1. The fourth-order valence-electron chi connectivity index (χ4n) is 3.80. The van der Waals surface area contributed by atoms with Gasteiger partial charge in [0.05, 0.1) is 20.6 Å². The molecule has 1 nitrogen and oxygen atoms in total. The molecule has 0 aromatic heterocycles. The Morgan fingerprint density at radius 1 is 0.636 bits per heavy atom. The SMILES string of the molecule is C[NH+](C)CCCCCCCCCCCCC1CCCCC1.[Cl-]. The third-order valence-electron chi connectivity index (χ3n) is 5.26. The minimum atomic E-state index is 0. The summed E-state index contributed by atoms with van der Waals surface area (Å²) in [6, 6.07) is 0. The van der Waals surface area contributed by atoms with Gasteiger partial charge in [-0.05, 0) is 18.8 Å². The molecule has 1 saturated carbocycles. The van der Waals surface area contributed by atoms with Gasteiger partial charge in [0.25, 0.3) is 0 Å². The van der Waals surface area contributed by atoms with E-state index in [0.717, 1.165) is 5.92 Å². The normalized spacial score (nSPS) is 16.0. The summed E-state index contributed by atoms with van der Waals surface area (Å²) in [4.78, 5) is 1.60. The molecule has 0 radical (unpaired) electrons. The van der Waals surface area contributed by atoms with Gasteiger partial charge in [0, 0.05) is 0 Å². The van der Waals surface area contributed by atoms with E-state index >= 15 is 0 Å². The molecule has 0 atom stereocenters. The Morgan fingerprint density at radius 2 is 1.09 bits per heavy atom. The van der Waals surface area contributed by atoms with E-state index in [0.29, 0.717) is 0 Å². The predicted molar refractivity (Wildman–Crippen MR) is 95.0 cm³/mol. The minimum Gasteiger partial charge on any atom is -1.00 e. The molecule has 1 fully saturated rings. The van der Waals surface area contributed by atoms with Gasteiger partial charge < -0.3 is 17.3 Å². The van der Waals surface area contributed by atoms with Gasteiger partial charge in [0.15, 0.2) is 0 Å². The van der Waals surface area contributed by atoms with Crippen molar-refractivity contribution >= 4 is 0 Å². The van der Waals surface area contributed by atoms with E-state index in [9.17, 15) is 0 Å². The monoisotopic (exact) mass is 331 g/mol. The molecule has 1 aliphatic rings. The largest absolute Gasteiger partial charge is 1.00 e. The van der Waals surface area contributed by atoms with Gasteiger partial charge in [-0.1, -0.05) is 89.9 Å². The van der Waals surface area contributed by atoms with Crippen LogP contribution in [-0.2, 0) is 0 Å². The van der Waals surface area contributed by atoms with Crippen LogP contribution in [0.25, 0.3) is 0 Å². The zero-order valence-electron chi connectivity index (χ0n) is 15.5. The first-order valence-corrected chi connectivity index (χ1v) is 10.1. The third kappa shape index (κ3) is 13.9. The summed E-state index contributed by atoms with van der Waals surface area (Å²) in [6.45, 7) is 1.35. The summed E-state index contributed by atoms with van der Waals surface area (Å²) in [5, 5.41) is 0. The van der Waals surface area contributed by atoms with Gasteiger partial charge in [-0.3, -0.25) is 0 Å². The van der Waals surface area contributed by atoms with Crippen molar-refractivity contribution in [1.82, 2.24) is 0 Å². The number of quaternary nitrogens is 1. The smallest absolute Gasteiger partial charge is 0.0766 e. The number of rotatable bonds is 13. The van der Waals surface area contributed by atoms with E-state index in [2.05, 4.69) is 14.1 Å². The highest BCUT2D eigenvalue weighted by molar-refractivity contribution is 4.65. The Balaban J connectivity index is 0.00000441. The van der Waals surface area contributed by atoms with Crippen LogP contribution in [0, 0.1) is 5.92 Å². The van der Waals surface area contributed by atoms with Crippen molar-refractivity contribution in [2.24, 2.45) is 5.92 Å². The number of hydrogen-bond donors (Lipinski definition) is 1. The average Bonchev–Trinajstić information content (AvgIpc) is 2.49. The number of unbranched alkanes of at least 4 members (excludes halogenated alkanes) is 9.